The van der Waals surface area contributed by atoms with Crippen LogP contribution in [-0.4, -0.2) is 30.9 Å². The molecule has 5 rings (SSSR count). The number of halogens is 3. The summed E-state index contributed by atoms with van der Waals surface area (Å²) in [6.45, 7) is 0.380. The van der Waals surface area contributed by atoms with Crippen molar-refractivity contribution in [1.82, 2.24) is 19.3 Å². The van der Waals surface area contributed by atoms with E-state index in [4.69, 9.17) is 9.90 Å². The highest BCUT2D eigenvalue weighted by molar-refractivity contribution is 5.57. The maximum Gasteiger partial charge on any atom is 0.435 e. The molecule has 0 amide bonds. The SMILES string of the molecule is FC(F)(F)c1nn(-c2ccc(Cn3cnc(-c4ccccc4)c3)cc2)c2c1CCCC2.O=CO. The van der Waals surface area contributed by atoms with E-state index in [1.54, 1.807) is 6.33 Å². The van der Waals surface area contributed by atoms with Gasteiger partial charge in [-0.15, -0.1) is 0 Å². The molecule has 0 aliphatic heterocycles. The van der Waals surface area contributed by atoms with Gasteiger partial charge in [0.05, 0.1) is 17.7 Å². The number of rotatable bonds is 4. The molecule has 0 spiro atoms. The lowest BCUT2D eigenvalue weighted by Gasteiger charge is -2.15. The van der Waals surface area contributed by atoms with Gasteiger partial charge in [-0.25, -0.2) is 9.67 Å². The Morgan fingerprint density at radius 1 is 1.00 bits per heavy atom. The molecular formula is C25H23F3N4O2. The van der Waals surface area contributed by atoms with Crippen LogP contribution in [0.4, 0.5) is 13.2 Å². The molecule has 1 aliphatic rings. The van der Waals surface area contributed by atoms with E-state index in [2.05, 4.69) is 10.1 Å². The second-order valence-electron chi connectivity index (χ2n) is 7.96. The Balaban J connectivity index is 0.000000868. The smallest absolute Gasteiger partial charge is 0.435 e. The van der Waals surface area contributed by atoms with Crippen LogP contribution in [0.2, 0.25) is 0 Å². The van der Waals surface area contributed by atoms with E-state index < -0.39 is 11.9 Å². The van der Waals surface area contributed by atoms with Gasteiger partial charge < -0.3 is 9.67 Å². The minimum atomic E-state index is -4.43. The number of aromatic nitrogens is 4. The molecule has 0 saturated heterocycles. The van der Waals surface area contributed by atoms with Crippen LogP contribution in [0.15, 0.2) is 67.1 Å². The van der Waals surface area contributed by atoms with Gasteiger partial charge in [-0.05, 0) is 43.4 Å². The number of hydrogen-bond acceptors (Lipinski definition) is 3. The van der Waals surface area contributed by atoms with Crippen LogP contribution in [-0.2, 0) is 30.4 Å². The standard InChI is InChI=1S/C24H21F3N4.CH2O2/c25-24(26,27)23-20-8-4-5-9-22(20)31(29-23)19-12-10-17(11-13-19)14-30-15-21(28-16-30)18-6-2-1-3-7-18;2-1-3/h1-3,6-7,10-13,15-16H,4-5,8-9,14H2;1H,(H,2,3). The number of nitrogens with zero attached hydrogens (tertiary/aromatic N) is 4. The summed E-state index contributed by atoms with van der Waals surface area (Å²) in [6.07, 6.45) is 2.07. The Morgan fingerprint density at radius 3 is 2.35 bits per heavy atom. The Morgan fingerprint density at radius 2 is 1.68 bits per heavy atom. The lowest BCUT2D eigenvalue weighted by Crippen LogP contribution is -2.11. The first kappa shape index (κ1) is 23.3. The van der Waals surface area contributed by atoms with E-state index in [1.165, 1.54) is 4.68 Å². The van der Waals surface area contributed by atoms with Crippen molar-refractivity contribution in [2.24, 2.45) is 0 Å². The number of carbonyl (C=O) groups is 1. The Hall–Kier alpha value is -3.88. The molecule has 0 radical (unpaired) electrons. The Labute approximate surface area is 194 Å². The minimum Gasteiger partial charge on any atom is -0.483 e. The molecule has 4 aromatic rings. The number of alkyl halides is 3. The molecule has 0 atom stereocenters. The first-order valence-corrected chi connectivity index (χ1v) is 10.8. The van der Waals surface area contributed by atoms with Crippen LogP contribution in [0.3, 0.4) is 0 Å². The predicted molar refractivity (Wildman–Crippen MR) is 121 cm³/mol. The lowest BCUT2D eigenvalue weighted by molar-refractivity contribution is -0.142. The molecule has 34 heavy (non-hydrogen) atoms. The molecule has 1 aliphatic carbocycles. The van der Waals surface area contributed by atoms with Crippen molar-refractivity contribution in [3.05, 3.63) is 89.6 Å². The summed E-state index contributed by atoms with van der Waals surface area (Å²) in [4.78, 5) is 12.8. The van der Waals surface area contributed by atoms with E-state index >= 15 is 0 Å². The summed E-state index contributed by atoms with van der Waals surface area (Å²) in [5.74, 6) is 0. The summed E-state index contributed by atoms with van der Waals surface area (Å²) >= 11 is 0. The first-order chi connectivity index (χ1) is 16.4. The highest BCUT2D eigenvalue weighted by atomic mass is 19.4. The fourth-order valence-electron chi connectivity index (χ4n) is 4.20. The van der Waals surface area contributed by atoms with Crippen molar-refractivity contribution in [2.45, 2.75) is 38.4 Å². The van der Waals surface area contributed by atoms with Crippen LogP contribution >= 0.6 is 0 Å². The number of imidazole rings is 1. The lowest BCUT2D eigenvalue weighted by atomic mass is 9.95. The molecular weight excluding hydrogens is 445 g/mol. The van der Waals surface area contributed by atoms with Crippen LogP contribution in [0, 0.1) is 0 Å². The van der Waals surface area contributed by atoms with Crippen LogP contribution in [0.5, 0.6) is 0 Å². The molecule has 0 fully saturated rings. The molecule has 9 heteroatoms. The number of carboxylic acid groups (broad SMARTS) is 1. The van der Waals surface area contributed by atoms with E-state index in [1.807, 2.05) is 65.4 Å². The largest absolute Gasteiger partial charge is 0.483 e. The fourth-order valence-corrected chi connectivity index (χ4v) is 4.20. The van der Waals surface area contributed by atoms with Crippen molar-refractivity contribution in [1.29, 1.82) is 0 Å². The summed E-state index contributed by atoms with van der Waals surface area (Å²) in [5.41, 5.74) is 3.97. The van der Waals surface area contributed by atoms with Gasteiger partial charge in [-0.1, -0.05) is 42.5 Å². The maximum atomic E-state index is 13.5. The third-order valence-electron chi connectivity index (χ3n) is 5.70. The van der Waals surface area contributed by atoms with Crippen LogP contribution in [0.1, 0.15) is 35.4 Å². The quantitative estimate of drug-likeness (QED) is 0.408. The van der Waals surface area contributed by atoms with E-state index in [0.29, 0.717) is 36.3 Å². The highest BCUT2D eigenvalue weighted by Crippen LogP contribution is 2.36. The predicted octanol–water partition coefficient (Wildman–Crippen LogP) is 5.38. The summed E-state index contributed by atoms with van der Waals surface area (Å²) in [6, 6.07) is 17.5. The average molecular weight is 468 g/mol. The molecule has 1 N–H and O–H groups in total. The van der Waals surface area contributed by atoms with E-state index in [0.717, 1.165) is 29.7 Å². The van der Waals surface area contributed by atoms with Gasteiger partial charge in [0, 0.05) is 29.6 Å². The van der Waals surface area contributed by atoms with Crippen molar-refractivity contribution >= 4 is 6.47 Å². The third-order valence-corrected chi connectivity index (χ3v) is 5.70. The Kier molecular flexibility index (Phi) is 6.81. The third kappa shape index (κ3) is 5.03. The van der Waals surface area contributed by atoms with Crippen molar-refractivity contribution in [3.8, 4) is 16.9 Å². The monoisotopic (exact) mass is 468 g/mol. The van der Waals surface area contributed by atoms with Gasteiger partial charge >= 0.3 is 6.18 Å². The van der Waals surface area contributed by atoms with Gasteiger partial charge in [0.25, 0.3) is 6.47 Å². The van der Waals surface area contributed by atoms with E-state index in [-0.39, 0.29) is 6.47 Å². The summed E-state index contributed by atoms with van der Waals surface area (Å²) in [7, 11) is 0. The van der Waals surface area contributed by atoms with Crippen LogP contribution < -0.4 is 0 Å². The zero-order valence-electron chi connectivity index (χ0n) is 18.2. The normalized spacial score (nSPS) is 13.0. The second kappa shape index (κ2) is 9.94. The Bertz CT molecular complexity index is 1250. The van der Waals surface area contributed by atoms with Gasteiger partial charge in [0.1, 0.15) is 0 Å². The van der Waals surface area contributed by atoms with Crippen molar-refractivity contribution < 1.29 is 23.1 Å². The average Bonchev–Trinajstić information content (AvgIpc) is 3.46. The second-order valence-corrected chi connectivity index (χ2v) is 7.96. The number of fused-ring (bicyclic) bond motifs is 1. The molecule has 0 saturated carbocycles. The molecule has 2 aromatic carbocycles. The summed E-state index contributed by atoms with van der Waals surface area (Å²) in [5, 5.41) is 10.8. The maximum absolute atomic E-state index is 13.5. The van der Waals surface area contributed by atoms with Gasteiger partial charge in [-0.3, -0.25) is 4.79 Å². The van der Waals surface area contributed by atoms with Gasteiger partial charge in [0.2, 0.25) is 0 Å². The molecule has 176 valence electrons. The molecule has 6 nitrogen and oxygen atoms in total. The van der Waals surface area contributed by atoms with Gasteiger partial charge in [0.15, 0.2) is 5.69 Å². The fraction of sp³-hybridized carbons (Fsp3) is 0.240. The first-order valence-electron chi connectivity index (χ1n) is 10.8. The van der Waals surface area contributed by atoms with Crippen LogP contribution in [0.25, 0.3) is 16.9 Å². The van der Waals surface area contributed by atoms with E-state index in [9.17, 15) is 13.2 Å². The number of hydrogen-bond donors (Lipinski definition) is 1. The molecule has 0 unspecified atom stereocenters. The molecule has 2 heterocycles. The molecule has 2 aromatic heterocycles. The zero-order valence-corrected chi connectivity index (χ0v) is 18.2. The topological polar surface area (TPSA) is 72.9 Å². The van der Waals surface area contributed by atoms with Gasteiger partial charge in [-0.2, -0.15) is 18.3 Å². The number of benzene rings is 2. The highest BCUT2D eigenvalue weighted by Gasteiger charge is 2.39. The minimum absolute atomic E-state index is 0.250. The summed E-state index contributed by atoms with van der Waals surface area (Å²) < 4.78 is 43.8. The van der Waals surface area contributed by atoms with Crippen molar-refractivity contribution in [3.63, 3.8) is 0 Å². The van der Waals surface area contributed by atoms with Crippen molar-refractivity contribution in [2.75, 3.05) is 0 Å². The molecule has 0 bridgehead atoms. The zero-order chi connectivity index (χ0) is 24.1.